The number of rotatable bonds is 2. The molecule has 0 aliphatic heterocycles. The first kappa shape index (κ1) is 10.2. The van der Waals surface area contributed by atoms with E-state index >= 15 is 0 Å². The fourth-order valence-electron chi connectivity index (χ4n) is 1.03. The number of hydrogen-bond donors (Lipinski definition) is 0. The van der Waals surface area contributed by atoms with Gasteiger partial charge in [-0.2, -0.15) is 0 Å². The summed E-state index contributed by atoms with van der Waals surface area (Å²) >= 11 is 3.17. The van der Waals surface area contributed by atoms with Gasteiger partial charge in [0.2, 0.25) is 0 Å². The molecule has 0 saturated carbocycles. The molecule has 0 spiro atoms. The van der Waals surface area contributed by atoms with Crippen molar-refractivity contribution in [3.8, 4) is 0 Å². The third kappa shape index (κ3) is 2.28. The molecule has 0 saturated heterocycles. The Labute approximate surface area is 85.0 Å². The van der Waals surface area contributed by atoms with E-state index in [0.717, 1.165) is 5.56 Å². The Balaban J connectivity index is 3.13. The quantitative estimate of drug-likeness (QED) is 0.590. The zero-order valence-electron chi connectivity index (χ0n) is 7.45. The molecule has 0 amide bonds. The van der Waals surface area contributed by atoms with Gasteiger partial charge in [-0.25, -0.2) is 0 Å². The molecular weight excluding hydrogens is 234 g/mol. The summed E-state index contributed by atoms with van der Waals surface area (Å²) in [4.78, 5) is 10.1. The molecule has 0 fully saturated rings. The molecule has 70 valence electrons. The van der Waals surface area contributed by atoms with Gasteiger partial charge in [0.15, 0.2) is 0 Å². The molecular formula is C9H10BrNO2. The zero-order valence-corrected chi connectivity index (χ0v) is 9.04. The molecule has 1 rings (SSSR count). The number of nitro benzene ring substituents is 1. The third-order valence-electron chi connectivity index (χ3n) is 1.84. The van der Waals surface area contributed by atoms with E-state index in [1.165, 1.54) is 6.07 Å². The van der Waals surface area contributed by atoms with Crippen molar-refractivity contribution in [3.05, 3.63) is 38.3 Å². The van der Waals surface area contributed by atoms with Crippen LogP contribution in [0.3, 0.4) is 0 Å². The van der Waals surface area contributed by atoms with E-state index in [1.54, 1.807) is 12.1 Å². The molecule has 1 aromatic rings. The lowest BCUT2D eigenvalue weighted by molar-refractivity contribution is -0.385. The lowest BCUT2D eigenvalue weighted by Crippen LogP contribution is -1.92. The summed E-state index contributed by atoms with van der Waals surface area (Å²) in [5.41, 5.74) is 1.21. The van der Waals surface area contributed by atoms with Crippen molar-refractivity contribution in [2.24, 2.45) is 0 Å². The second kappa shape index (κ2) is 3.87. The van der Waals surface area contributed by atoms with Crippen molar-refractivity contribution >= 4 is 21.6 Å². The highest BCUT2D eigenvalue weighted by molar-refractivity contribution is 9.10. The summed E-state index contributed by atoms with van der Waals surface area (Å²) in [6.45, 7) is 4.10. The molecule has 0 aliphatic rings. The summed E-state index contributed by atoms with van der Waals surface area (Å²) in [6, 6.07) is 5.11. The molecule has 0 unspecified atom stereocenters. The van der Waals surface area contributed by atoms with Crippen LogP contribution in [0.4, 0.5) is 5.69 Å². The first-order chi connectivity index (χ1) is 6.02. The summed E-state index contributed by atoms with van der Waals surface area (Å²) in [5.74, 6) is 0.386. The van der Waals surface area contributed by atoms with E-state index in [0.29, 0.717) is 10.4 Å². The van der Waals surface area contributed by atoms with Gasteiger partial charge in [0, 0.05) is 6.07 Å². The van der Waals surface area contributed by atoms with Crippen molar-refractivity contribution < 1.29 is 4.92 Å². The zero-order chi connectivity index (χ0) is 10.0. The van der Waals surface area contributed by atoms with Crippen molar-refractivity contribution in [3.63, 3.8) is 0 Å². The van der Waals surface area contributed by atoms with Crippen LogP contribution in [-0.2, 0) is 0 Å². The van der Waals surface area contributed by atoms with Crippen LogP contribution in [0.1, 0.15) is 25.3 Å². The SMILES string of the molecule is CC(C)c1ccc([N+](=O)[O-])c(Br)c1. The van der Waals surface area contributed by atoms with E-state index in [4.69, 9.17) is 0 Å². The van der Waals surface area contributed by atoms with Gasteiger partial charge in [-0.3, -0.25) is 10.1 Å². The number of hydrogen-bond acceptors (Lipinski definition) is 2. The second-order valence-electron chi connectivity index (χ2n) is 3.12. The van der Waals surface area contributed by atoms with Gasteiger partial charge in [-0.05, 0) is 33.5 Å². The first-order valence-electron chi connectivity index (χ1n) is 3.96. The summed E-state index contributed by atoms with van der Waals surface area (Å²) in [7, 11) is 0. The molecule has 4 heteroatoms. The number of benzene rings is 1. The largest absolute Gasteiger partial charge is 0.283 e. The third-order valence-corrected chi connectivity index (χ3v) is 2.47. The molecule has 0 heterocycles. The van der Waals surface area contributed by atoms with Crippen LogP contribution in [-0.4, -0.2) is 4.92 Å². The number of nitro groups is 1. The Morgan fingerprint density at radius 3 is 2.46 bits per heavy atom. The summed E-state index contributed by atoms with van der Waals surface area (Å²) < 4.78 is 0.545. The van der Waals surface area contributed by atoms with Crippen LogP contribution in [0.15, 0.2) is 22.7 Å². The standard InChI is InChI=1S/C9H10BrNO2/c1-6(2)7-3-4-9(11(12)13)8(10)5-7/h3-6H,1-2H3. The predicted molar refractivity (Wildman–Crippen MR) is 54.9 cm³/mol. The van der Waals surface area contributed by atoms with E-state index < -0.39 is 4.92 Å². The highest BCUT2D eigenvalue weighted by Crippen LogP contribution is 2.28. The monoisotopic (exact) mass is 243 g/mol. The first-order valence-corrected chi connectivity index (χ1v) is 4.75. The minimum atomic E-state index is -0.395. The molecule has 13 heavy (non-hydrogen) atoms. The van der Waals surface area contributed by atoms with Crippen LogP contribution in [0.5, 0.6) is 0 Å². The maximum absolute atomic E-state index is 10.5. The Kier molecular flexibility index (Phi) is 3.03. The molecule has 1 aromatic carbocycles. The van der Waals surface area contributed by atoms with Crippen LogP contribution in [0.2, 0.25) is 0 Å². The van der Waals surface area contributed by atoms with Crippen LogP contribution in [0.25, 0.3) is 0 Å². The molecule has 0 bridgehead atoms. The van der Waals surface area contributed by atoms with E-state index in [2.05, 4.69) is 15.9 Å². The summed E-state index contributed by atoms with van der Waals surface area (Å²) in [5, 5.41) is 10.5. The summed E-state index contributed by atoms with van der Waals surface area (Å²) in [6.07, 6.45) is 0. The Morgan fingerprint density at radius 1 is 1.46 bits per heavy atom. The fraction of sp³-hybridized carbons (Fsp3) is 0.333. The van der Waals surface area contributed by atoms with Gasteiger partial charge >= 0.3 is 0 Å². The van der Waals surface area contributed by atoms with Gasteiger partial charge in [0.05, 0.1) is 9.40 Å². The van der Waals surface area contributed by atoms with Crippen molar-refractivity contribution in [2.75, 3.05) is 0 Å². The molecule has 0 aliphatic carbocycles. The normalized spacial score (nSPS) is 10.5. The Morgan fingerprint density at radius 2 is 2.08 bits per heavy atom. The maximum Gasteiger partial charge on any atom is 0.283 e. The van der Waals surface area contributed by atoms with Crippen molar-refractivity contribution in [1.29, 1.82) is 0 Å². The lowest BCUT2D eigenvalue weighted by Gasteiger charge is -2.04. The molecule has 0 atom stereocenters. The van der Waals surface area contributed by atoms with Gasteiger partial charge in [0.25, 0.3) is 5.69 Å². The second-order valence-corrected chi connectivity index (χ2v) is 3.98. The van der Waals surface area contributed by atoms with Gasteiger partial charge in [-0.15, -0.1) is 0 Å². The maximum atomic E-state index is 10.5. The molecule has 0 aromatic heterocycles. The van der Waals surface area contributed by atoms with Crippen LogP contribution in [0, 0.1) is 10.1 Å². The van der Waals surface area contributed by atoms with E-state index in [-0.39, 0.29) is 5.69 Å². The van der Waals surface area contributed by atoms with Crippen molar-refractivity contribution in [1.82, 2.24) is 0 Å². The van der Waals surface area contributed by atoms with Gasteiger partial charge in [0.1, 0.15) is 0 Å². The average Bonchev–Trinajstić information content (AvgIpc) is 2.03. The van der Waals surface area contributed by atoms with Gasteiger partial charge in [-0.1, -0.05) is 19.9 Å². The van der Waals surface area contributed by atoms with E-state index in [1.807, 2.05) is 13.8 Å². The van der Waals surface area contributed by atoms with E-state index in [9.17, 15) is 10.1 Å². The minimum Gasteiger partial charge on any atom is -0.258 e. The predicted octanol–water partition coefficient (Wildman–Crippen LogP) is 3.48. The van der Waals surface area contributed by atoms with Crippen LogP contribution < -0.4 is 0 Å². The smallest absolute Gasteiger partial charge is 0.258 e. The molecule has 0 N–H and O–H groups in total. The number of nitrogens with zero attached hydrogens (tertiary/aromatic N) is 1. The van der Waals surface area contributed by atoms with Crippen molar-refractivity contribution in [2.45, 2.75) is 19.8 Å². The van der Waals surface area contributed by atoms with Gasteiger partial charge < -0.3 is 0 Å². The van der Waals surface area contributed by atoms with Crippen LogP contribution >= 0.6 is 15.9 Å². The average molecular weight is 244 g/mol. The highest BCUT2D eigenvalue weighted by atomic mass is 79.9. The molecule has 3 nitrogen and oxygen atoms in total. The fourth-order valence-corrected chi connectivity index (χ4v) is 1.57. The Bertz CT molecular complexity index is 336. The minimum absolute atomic E-state index is 0.115. The highest BCUT2D eigenvalue weighted by Gasteiger charge is 2.12. The lowest BCUT2D eigenvalue weighted by atomic mass is 10.0. The molecule has 0 radical (unpaired) electrons. The topological polar surface area (TPSA) is 43.1 Å². The Hall–Kier alpha value is -0.900. The number of halogens is 1.